The Morgan fingerprint density at radius 2 is 1.42 bits per heavy atom. The molecule has 26 heavy (non-hydrogen) atoms. The fourth-order valence-electron chi connectivity index (χ4n) is 1.98. The van der Waals surface area contributed by atoms with E-state index in [1.165, 1.54) is 25.3 Å². The summed E-state index contributed by atoms with van der Waals surface area (Å²) < 4.78 is 25.0. The van der Waals surface area contributed by atoms with E-state index < -0.39 is 17.9 Å². The maximum Gasteiger partial charge on any atom is 0.338 e. The lowest BCUT2D eigenvalue weighted by atomic mass is 10.1. The van der Waals surface area contributed by atoms with Gasteiger partial charge in [-0.15, -0.1) is 0 Å². The van der Waals surface area contributed by atoms with Gasteiger partial charge in [0.15, 0.2) is 0 Å². The summed E-state index contributed by atoms with van der Waals surface area (Å²) in [6, 6.07) is 3.98. The summed E-state index contributed by atoms with van der Waals surface area (Å²) in [5.74, 6) is -1.96. The van der Waals surface area contributed by atoms with Gasteiger partial charge < -0.3 is 23.7 Å². The van der Waals surface area contributed by atoms with E-state index >= 15 is 0 Å². The van der Waals surface area contributed by atoms with Crippen LogP contribution in [0.5, 0.6) is 0 Å². The standard InChI is InChI=1S/C18H22O8/c1-3-4-23-16(19)12-7-13(17(20)24-6-5-22-2)9-14(8-12)18(21)26-11-15-10-25-15/h7-9,15H,3-6,10-11H2,1-2H3. The molecule has 1 saturated heterocycles. The Hall–Kier alpha value is -2.45. The molecule has 0 radical (unpaired) electrons. The van der Waals surface area contributed by atoms with Crippen LogP contribution in [0.1, 0.15) is 44.4 Å². The third-order valence-corrected chi connectivity index (χ3v) is 3.40. The molecule has 0 bridgehead atoms. The average molecular weight is 366 g/mol. The molecule has 1 aromatic rings. The van der Waals surface area contributed by atoms with E-state index in [4.69, 9.17) is 23.7 Å². The maximum absolute atomic E-state index is 12.2. The van der Waals surface area contributed by atoms with Crippen LogP contribution in [0.3, 0.4) is 0 Å². The second-order valence-electron chi connectivity index (χ2n) is 5.62. The van der Waals surface area contributed by atoms with Crippen molar-refractivity contribution in [1.29, 1.82) is 0 Å². The van der Waals surface area contributed by atoms with Crippen LogP contribution in [0.15, 0.2) is 18.2 Å². The second kappa shape index (κ2) is 9.88. The van der Waals surface area contributed by atoms with Crippen LogP contribution in [0.25, 0.3) is 0 Å². The highest BCUT2D eigenvalue weighted by Gasteiger charge is 2.25. The van der Waals surface area contributed by atoms with Gasteiger partial charge in [0.1, 0.15) is 19.3 Å². The van der Waals surface area contributed by atoms with Crippen molar-refractivity contribution in [3.63, 3.8) is 0 Å². The molecule has 0 aromatic heterocycles. The fraction of sp³-hybridized carbons (Fsp3) is 0.500. The summed E-state index contributed by atoms with van der Waals surface area (Å²) in [5.41, 5.74) is 0.200. The number of ether oxygens (including phenoxy) is 5. The van der Waals surface area contributed by atoms with Crippen molar-refractivity contribution in [2.45, 2.75) is 19.4 Å². The first kappa shape index (κ1) is 19.9. The monoisotopic (exact) mass is 366 g/mol. The molecule has 1 aliphatic heterocycles. The molecule has 8 nitrogen and oxygen atoms in total. The van der Waals surface area contributed by atoms with Crippen LogP contribution >= 0.6 is 0 Å². The number of hydrogen-bond acceptors (Lipinski definition) is 8. The fourth-order valence-corrected chi connectivity index (χ4v) is 1.98. The van der Waals surface area contributed by atoms with Gasteiger partial charge in [-0.3, -0.25) is 0 Å². The lowest BCUT2D eigenvalue weighted by Gasteiger charge is -2.10. The first-order valence-corrected chi connectivity index (χ1v) is 8.32. The van der Waals surface area contributed by atoms with Gasteiger partial charge in [0.25, 0.3) is 0 Å². The third kappa shape index (κ3) is 6.12. The Bertz CT molecular complexity index is 651. The van der Waals surface area contributed by atoms with Gasteiger partial charge in [0, 0.05) is 7.11 Å². The Morgan fingerprint density at radius 3 is 1.88 bits per heavy atom. The minimum absolute atomic E-state index is 0.0542. The summed E-state index contributed by atoms with van der Waals surface area (Å²) in [6.07, 6.45) is 0.566. The number of esters is 3. The van der Waals surface area contributed by atoms with Gasteiger partial charge in [-0.1, -0.05) is 6.92 Å². The third-order valence-electron chi connectivity index (χ3n) is 3.40. The van der Waals surface area contributed by atoms with Crippen LogP contribution in [-0.4, -0.2) is 64.2 Å². The number of methoxy groups -OCH3 is 1. The molecule has 1 unspecified atom stereocenters. The topological polar surface area (TPSA) is 101 Å². The predicted molar refractivity (Wildman–Crippen MR) is 89.2 cm³/mol. The summed E-state index contributed by atoms with van der Waals surface area (Å²) in [6.45, 7) is 3.06. The van der Waals surface area contributed by atoms with E-state index in [0.29, 0.717) is 13.0 Å². The minimum Gasteiger partial charge on any atom is -0.462 e. The first-order chi connectivity index (χ1) is 12.5. The Morgan fingerprint density at radius 1 is 0.923 bits per heavy atom. The molecule has 0 N–H and O–H groups in total. The van der Waals surface area contributed by atoms with E-state index in [-0.39, 0.29) is 49.2 Å². The largest absolute Gasteiger partial charge is 0.462 e. The van der Waals surface area contributed by atoms with Crippen molar-refractivity contribution in [1.82, 2.24) is 0 Å². The number of benzene rings is 1. The first-order valence-electron chi connectivity index (χ1n) is 8.32. The molecule has 1 aliphatic rings. The van der Waals surface area contributed by atoms with Crippen LogP contribution in [-0.2, 0) is 23.7 Å². The highest BCUT2D eigenvalue weighted by Crippen LogP contribution is 2.16. The average Bonchev–Trinajstić information content (AvgIpc) is 3.48. The molecule has 1 aromatic carbocycles. The molecule has 2 rings (SSSR count). The smallest absolute Gasteiger partial charge is 0.338 e. The van der Waals surface area contributed by atoms with E-state index in [1.807, 2.05) is 6.92 Å². The zero-order valence-electron chi connectivity index (χ0n) is 14.8. The molecule has 1 heterocycles. The maximum atomic E-state index is 12.2. The van der Waals surface area contributed by atoms with Gasteiger partial charge in [-0.2, -0.15) is 0 Å². The molecule has 0 saturated carbocycles. The lowest BCUT2D eigenvalue weighted by molar-refractivity contribution is 0.0388. The van der Waals surface area contributed by atoms with E-state index in [2.05, 4.69) is 0 Å². The molecule has 1 fully saturated rings. The molecule has 1 atom stereocenters. The van der Waals surface area contributed by atoms with Crippen LogP contribution in [0.4, 0.5) is 0 Å². The SMILES string of the molecule is CCCOC(=O)c1cc(C(=O)OCCOC)cc(C(=O)OCC2CO2)c1. The Labute approximate surface area is 151 Å². The quantitative estimate of drug-likeness (QED) is 0.266. The zero-order valence-corrected chi connectivity index (χ0v) is 14.8. The molecular formula is C18H22O8. The van der Waals surface area contributed by atoms with Crippen molar-refractivity contribution >= 4 is 17.9 Å². The van der Waals surface area contributed by atoms with Crippen LogP contribution in [0, 0.1) is 0 Å². The van der Waals surface area contributed by atoms with E-state index in [9.17, 15) is 14.4 Å². The summed E-state index contributed by atoms with van der Waals surface area (Å²) in [5, 5.41) is 0. The van der Waals surface area contributed by atoms with Crippen LogP contribution < -0.4 is 0 Å². The highest BCUT2D eigenvalue weighted by molar-refractivity contribution is 6.00. The summed E-state index contributed by atoms with van der Waals surface area (Å²) >= 11 is 0. The van der Waals surface area contributed by atoms with Crippen molar-refractivity contribution in [2.75, 3.05) is 40.1 Å². The Kier molecular flexibility index (Phi) is 7.55. The van der Waals surface area contributed by atoms with Crippen molar-refractivity contribution < 1.29 is 38.1 Å². The molecule has 0 aliphatic carbocycles. The number of carbonyl (C=O) groups is 3. The van der Waals surface area contributed by atoms with E-state index in [0.717, 1.165) is 0 Å². The molecule has 8 heteroatoms. The van der Waals surface area contributed by atoms with Gasteiger partial charge >= 0.3 is 17.9 Å². The number of carbonyl (C=O) groups excluding carboxylic acids is 3. The highest BCUT2D eigenvalue weighted by atomic mass is 16.6. The summed E-state index contributed by atoms with van der Waals surface area (Å²) in [4.78, 5) is 36.5. The minimum atomic E-state index is -0.674. The molecule has 142 valence electrons. The van der Waals surface area contributed by atoms with Crippen molar-refractivity contribution in [3.8, 4) is 0 Å². The van der Waals surface area contributed by atoms with E-state index in [1.54, 1.807) is 0 Å². The second-order valence-corrected chi connectivity index (χ2v) is 5.62. The van der Waals surface area contributed by atoms with Crippen molar-refractivity contribution in [3.05, 3.63) is 34.9 Å². The zero-order chi connectivity index (χ0) is 18.9. The number of epoxide rings is 1. The molecular weight excluding hydrogens is 344 g/mol. The number of hydrogen-bond donors (Lipinski definition) is 0. The lowest BCUT2D eigenvalue weighted by Crippen LogP contribution is -2.16. The van der Waals surface area contributed by atoms with Gasteiger partial charge in [0.05, 0.1) is 36.5 Å². The number of rotatable bonds is 10. The molecule has 0 amide bonds. The van der Waals surface area contributed by atoms with Gasteiger partial charge in [0.2, 0.25) is 0 Å². The summed E-state index contributed by atoms with van der Waals surface area (Å²) in [7, 11) is 1.48. The Balaban J connectivity index is 2.18. The van der Waals surface area contributed by atoms with Crippen LogP contribution in [0.2, 0.25) is 0 Å². The molecule has 0 spiro atoms. The van der Waals surface area contributed by atoms with Crippen molar-refractivity contribution in [2.24, 2.45) is 0 Å². The normalized spacial score (nSPS) is 15.2. The predicted octanol–water partition coefficient (Wildman–Crippen LogP) is 1.61. The van der Waals surface area contributed by atoms with Gasteiger partial charge in [-0.05, 0) is 24.6 Å². The van der Waals surface area contributed by atoms with Gasteiger partial charge in [-0.25, -0.2) is 14.4 Å².